The minimum Gasteiger partial charge on any atom is -0.441 e. The second kappa shape index (κ2) is 8.89. The van der Waals surface area contributed by atoms with Crippen molar-refractivity contribution in [3.63, 3.8) is 0 Å². The zero-order valence-electron chi connectivity index (χ0n) is 16.7. The second-order valence-electron chi connectivity index (χ2n) is 7.51. The van der Waals surface area contributed by atoms with Gasteiger partial charge in [0.15, 0.2) is 0 Å². The third-order valence-electron chi connectivity index (χ3n) is 5.35. The smallest absolute Gasteiger partial charge is 0.407 e. The number of aryl methyl sites for hydroxylation is 1. The molecule has 0 saturated carbocycles. The molecule has 2 saturated heterocycles. The third-order valence-corrected chi connectivity index (χ3v) is 5.35. The molecule has 0 bridgehead atoms. The summed E-state index contributed by atoms with van der Waals surface area (Å²) in [5, 5.41) is 2.70. The number of carbonyl (C=O) groups is 2. The number of benzene rings is 1. The molecule has 1 spiro atoms. The predicted octanol–water partition coefficient (Wildman–Crippen LogP) is 2.78. The SMILES string of the molecule is Cc1cc(CN)cc(Oc2cccc(C(=O)N3CCC4(CC3)CNC(=O)O4)c2)n1.Cl. The van der Waals surface area contributed by atoms with E-state index in [0.29, 0.717) is 56.2 Å². The number of aromatic nitrogens is 1. The van der Waals surface area contributed by atoms with Gasteiger partial charge in [-0.25, -0.2) is 9.78 Å². The molecule has 4 rings (SSSR count). The lowest BCUT2D eigenvalue weighted by molar-refractivity contribution is 0.00330. The first-order valence-electron chi connectivity index (χ1n) is 9.68. The molecule has 2 fully saturated rings. The van der Waals surface area contributed by atoms with Crippen LogP contribution in [0.4, 0.5) is 4.79 Å². The normalized spacial score (nSPS) is 17.1. The Morgan fingerprint density at radius 3 is 2.73 bits per heavy atom. The monoisotopic (exact) mass is 432 g/mol. The second-order valence-corrected chi connectivity index (χ2v) is 7.51. The van der Waals surface area contributed by atoms with Gasteiger partial charge in [0.1, 0.15) is 11.4 Å². The number of rotatable bonds is 4. The fourth-order valence-corrected chi connectivity index (χ4v) is 3.77. The summed E-state index contributed by atoms with van der Waals surface area (Å²) in [5.74, 6) is 0.923. The van der Waals surface area contributed by atoms with Gasteiger partial charge >= 0.3 is 6.09 Å². The van der Waals surface area contributed by atoms with Gasteiger partial charge in [-0.15, -0.1) is 12.4 Å². The molecular formula is C21H25ClN4O4. The van der Waals surface area contributed by atoms with Gasteiger partial charge in [-0.3, -0.25) is 4.79 Å². The molecule has 0 atom stereocenters. The first-order valence-corrected chi connectivity index (χ1v) is 9.68. The number of nitrogens with one attached hydrogen (secondary N) is 1. The zero-order valence-corrected chi connectivity index (χ0v) is 17.5. The molecule has 160 valence electrons. The lowest BCUT2D eigenvalue weighted by atomic mass is 9.91. The van der Waals surface area contributed by atoms with E-state index < -0.39 is 5.60 Å². The Morgan fingerprint density at radius 2 is 2.07 bits per heavy atom. The number of carbonyl (C=O) groups excluding carboxylic acids is 2. The van der Waals surface area contributed by atoms with E-state index in [1.54, 1.807) is 35.2 Å². The van der Waals surface area contributed by atoms with E-state index in [-0.39, 0.29) is 24.4 Å². The summed E-state index contributed by atoms with van der Waals surface area (Å²) in [6.07, 6.45) is 0.878. The first kappa shape index (κ1) is 21.9. The molecule has 0 aliphatic carbocycles. The fraction of sp³-hybridized carbons (Fsp3) is 0.381. The average molecular weight is 433 g/mol. The number of hydrogen-bond donors (Lipinski definition) is 2. The number of hydrogen-bond acceptors (Lipinski definition) is 6. The van der Waals surface area contributed by atoms with Crippen LogP contribution in [-0.4, -0.2) is 47.1 Å². The molecule has 1 aromatic heterocycles. The molecule has 8 nitrogen and oxygen atoms in total. The predicted molar refractivity (Wildman–Crippen MR) is 113 cm³/mol. The number of ether oxygens (including phenoxy) is 2. The highest BCUT2D eigenvalue weighted by molar-refractivity contribution is 5.94. The number of pyridine rings is 1. The summed E-state index contributed by atoms with van der Waals surface area (Å²) in [5.41, 5.74) is 7.54. The number of halogens is 1. The minimum absolute atomic E-state index is 0. The standard InChI is InChI=1S/C21H24N4O4.ClH/c1-14-9-15(12-22)10-18(24-14)28-17-4-2-3-16(11-17)19(26)25-7-5-21(6-8-25)13-23-20(27)29-21;/h2-4,9-11H,5-8,12-13,22H2,1H3,(H,23,27);1H. The van der Waals surface area contributed by atoms with Crippen LogP contribution in [0.1, 0.15) is 34.5 Å². The summed E-state index contributed by atoms with van der Waals surface area (Å²) in [7, 11) is 0. The van der Waals surface area contributed by atoms with Crippen molar-refractivity contribution < 1.29 is 19.1 Å². The molecule has 3 N–H and O–H groups in total. The average Bonchev–Trinajstić information content (AvgIpc) is 3.07. The van der Waals surface area contributed by atoms with E-state index in [9.17, 15) is 9.59 Å². The fourth-order valence-electron chi connectivity index (χ4n) is 3.77. The summed E-state index contributed by atoms with van der Waals surface area (Å²) in [6, 6.07) is 10.8. The Labute approximate surface area is 181 Å². The quantitative estimate of drug-likeness (QED) is 0.769. The molecule has 2 amide bonds. The van der Waals surface area contributed by atoms with Gasteiger partial charge < -0.3 is 25.4 Å². The number of nitrogens with zero attached hydrogens (tertiary/aromatic N) is 2. The number of likely N-dealkylation sites (tertiary alicyclic amines) is 1. The van der Waals surface area contributed by atoms with E-state index in [0.717, 1.165) is 11.3 Å². The van der Waals surface area contributed by atoms with Crippen molar-refractivity contribution in [2.24, 2.45) is 5.73 Å². The van der Waals surface area contributed by atoms with E-state index in [1.807, 2.05) is 13.0 Å². The molecule has 2 aliphatic heterocycles. The Hall–Kier alpha value is -2.84. The van der Waals surface area contributed by atoms with Crippen LogP contribution in [0.3, 0.4) is 0 Å². The van der Waals surface area contributed by atoms with Gasteiger partial charge in [-0.2, -0.15) is 0 Å². The number of piperidine rings is 1. The molecule has 30 heavy (non-hydrogen) atoms. The molecule has 0 unspecified atom stereocenters. The van der Waals surface area contributed by atoms with Crippen LogP contribution in [-0.2, 0) is 11.3 Å². The van der Waals surface area contributed by atoms with Crippen LogP contribution >= 0.6 is 12.4 Å². The van der Waals surface area contributed by atoms with Gasteiger partial charge in [-0.05, 0) is 36.8 Å². The number of amides is 2. The summed E-state index contributed by atoms with van der Waals surface area (Å²) in [6.45, 7) is 3.87. The topological polar surface area (TPSA) is 107 Å². The van der Waals surface area contributed by atoms with Gasteiger partial charge in [0, 0.05) is 49.8 Å². The van der Waals surface area contributed by atoms with Crippen molar-refractivity contribution >= 4 is 24.4 Å². The molecule has 2 aliphatic rings. The first-order chi connectivity index (χ1) is 14.0. The van der Waals surface area contributed by atoms with Crippen molar-refractivity contribution in [1.29, 1.82) is 0 Å². The van der Waals surface area contributed by atoms with Crippen molar-refractivity contribution in [2.45, 2.75) is 31.9 Å². The lowest BCUT2D eigenvalue weighted by Crippen LogP contribution is -2.48. The van der Waals surface area contributed by atoms with E-state index in [4.69, 9.17) is 15.2 Å². The summed E-state index contributed by atoms with van der Waals surface area (Å²) < 4.78 is 11.3. The van der Waals surface area contributed by atoms with Crippen LogP contribution in [0.2, 0.25) is 0 Å². The van der Waals surface area contributed by atoms with E-state index >= 15 is 0 Å². The maximum atomic E-state index is 12.9. The van der Waals surface area contributed by atoms with Crippen molar-refractivity contribution in [3.05, 3.63) is 53.2 Å². The summed E-state index contributed by atoms with van der Waals surface area (Å²) >= 11 is 0. The third kappa shape index (κ3) is 4.66. The molecule has 3 heterocycles. The van der Waals surface area contributed by atoms with Crippen molar-refractivity contribution in [3.8, 4) is 11.6 Å². The van der Waals surface area contributed by atoms with Gasteiger partial charge in [0.2, 0.25) is 5.88 Å². The van der Waals surface area contributed by atoms with Crippen molar-refractivity contribution in [1.82, 2.24) is 15.2 Å². The maximum absolute atomic E-state index is 12.9. The number of nitrogens with two attached hydrogens (primary N) is 1. The lowest BCUT2D eigenvalue weighted by Gasteiger charge is -2.37. The van der Waals surface area contributed by atoms with Crippen molar-refractivity contribution in [2.75, 3.05) is 19.6 Å². The Bertz CT molecular complexity index is 944. The van der Waals surface area contributed by atoms with E-state index in [2.05, 4.69) is 10.3 Å². The Kier molecular flexibility index (Phi) is 6.48. The van der Waals surface area contributed by atoms with Crippen LogP contribution in [0.5, 0.6) is 11.6 Å². The van der Waals surface area contributed by atoms with Crippen LogP contribution < -0.4 is 15.8 Å². The molecule has 1 aromatic carbocycles. The summed E-state index contributed by atoms with van der Waals surface area (Å²) in [4.78, 5) is 30.5. The molecular weight excluding hydrogens is 408 g/mol. The molecule has 0 radical (unpaired) electrons. The highest BCUT2D eigenvalue weighted by Gasteiger charge is 2.43. The van der Waals surface area contributed by atoms with E-state index in [1.165, 1.54) is 0 Å². The Balaban J connectivity index is 0.00000256. The van der Waals surface area contributed by atoms with Crippen LogP contribution in [0, 0.1) is 6.92 Å². The number of alkyl carbamates (subject to hydrolysis) is 1. The van der Waals surface area contributed by atoms with Crippen LogP contribution in [0.15, 0.2) is 36.4 Å². The molecule has 2 aromatic rings. The van der Waals surface area contributed by atoms with Gasteiger partial charge in [-0.1, -0.05) is 6.07 Å². The van der Waals surface area contributed by atoms with Gasteiger partial charge in [0.05, 0.1) is 6.54 Å². The largest absolute Gasteiger partial charge is 0.441 e. The maximum Gasteiger partial charge on any atom is 0.407 e. The highest BCUT2D eigenvalue weighted by atomic mass is 35.5. The zero-order chi connectivity index (χ0) is 20.4. The minimum atomic E-state index is -0.476. The van der Waals surface area contributed by atoms with Crippen LogP contribution in [0.25, 0.3) is 0 Å². The molecule has 9 heteroatoms. The highest BCUT2D eigenvalue weighted by Crippen LogP contribution is 2.30. The Morgan fingerprint density at radius 1 is 1.30 bits per heavy atom. The van der Waals surface area contributed by atoms with Gasteiger partial charge in [0.25, 0.3) is 5.91 Å².